The number of aromatic hydroxyl groups is 1. The molecule has 3 heterocycles. The van der Waals surface area contributed by atoms with Gasteiger partial charge in [-0.3, -0.25) is 9.20 Å². The second-order valence-corrected chi connectivity index (χ2v) is 9.00. The maximum atomic E-state index is 12.9. The monoisotopic (exact) mass is 434 g/mol. The van der Waals surface area contributed by atoms with Gasteiger partial charge in [0.25, 0.3) is 5.56 Å². The first-order valence-corrected chi connectivity index (χ1v) is 11.0. The first-order valence-electron chi connectivity index (χ1n) is 11.0. The van der Waals surface area contributed by atoms with E-state index in [0.29, 0.717) is 28.1 Å². The summed E-state index contributed by atoms with van der Waals surface area (Å²) in [6, 6.07) is 9.34. The maximum Gasteiger partial charge on any atom is 0.337 e. The van der Waals surface area contributed by atoms with Crippen LogP contribution in [0.4, 0.5) is 11.5 Å². The largest absolute Gasteiger partial charge is 0.506 e. The molecule has 8 nitrogen and oxygen atoms in total. The molecule has 32 heavy (non-hydrogen) atoms. The van der Waals surface area contributed by atoms with Crippen molar-refractivity contribution in [2.45, 2.75) is 38.6 Å². The molecular formula is C24H26N4O4. The van der Waals surface area contributed by atoms with Crippen LogP contribution in [0.2, 0.25) is 0 Å². The average molecular weight is 434 g/mol. The predicted molar refractivity (Wildman–Crippen MR) is 122 cm³/mol. The van der Waals surface area contributed by atoms with E-state index in [4.69, 9.17) is 4.98 Å². The number of piperidine rings is 1. The topological polar surface area (TPSA) is 107 Å². The van der Waals surface area contributed by atoms with Gasteiger partial charge in [-0.2, -0.15) is 0 Å². The second kappa shape index (κ2) is 7.55. The lowest BCUT2D eigenvalue weighted by molar-refractivity contribution is 0.0698. The molecule has 3 aromatic rings. The molecule has 1 aliphatic carbocycles. The van der Waals surface area contributed by atoms with Gasteiger partial charge in [0, 0.05) is 30.4 Å². The number of hydrogen-bond acceptors (Lipinski definition) is 6. The number of carboxylic acid groups (broad SMARTS) is 1. The average Bonchev–Trinajstić information content (AvgIpc) is 3.53. The lowest BCUT2D eigenvalue weighted by Crippen LogP contribution is -2.36. The Morgan fingerprint density at radius 1 is 1.16 bits per heavy atom. The number of nitrogens with zero attached hydrogens (tertiary/aromatic N) is 3. The van der Waals surface area contributed by atoms with Crippen LogP contribution in [0.5, 0.6) is 5.75 Å². The number of carbonyl (C=O) groups is 1. The standard InChI is InChI=1S/C24H26N4O4/c1-15(25-19-5-3-2-4-17(19)23(31)32)18-12-16(29)14-28-21(30)13-20(26-22(18)28)27-10-8-24(6-7-24)9-11-27/h2-5,12-15,25,29H,6-11H2,1H3,(H,31,32)/t15-/m1/s1. The fourth-order valence-electron chi connectivity index (χ4n) is 4.67. The lowest BCUT2D eigenvalue weighted by atomic mass is 9.94. The minimum absolute atomic E-state index is 0.0574. The van der Waals surface area contributed by atoms with Gasteiger partial charge >= 0.3 is 5.97 Å². The van der Waals surface area contributed by atoms with Gasteiger partial charge in [-0.05, 0) is 56.2 Å². The molecule has 1 atom stereocenters. The Bertz CT molecular complexity index is 1250. The number of para-hydroxylation sites is 1. The summed E-state index contributed by atoms with van der Waals surface area (Å²) < 4.78 is 1.35. The number of nitrogens with one attached hydrogen (secondary N) is 1. The van der Waals surface area contributed by atoms with Gasteiger partial charge in [-0.1, -0.05) is 12.1 Å². The van der Waals surface area contributed by atoms with Crippen LogP contribution >= 0.6 is 0 Å². The fraction of sp³-hybridized carbons (Fsp3) is 0.375. The molecule has 2 aliphatic rings. The van der Waals surface area contributed by atoms with Crippen LogP contribution < -0.4 is 15.8 Å². The van der Waals surface area contributed by atoms with Crippen molar-refractivity contribution in [3.8, 4) is 5.75 Å². The third-order valence-corrected chi connectivity index (χ3v) is 6.86. The number of rotatable bonds is 5. The van der Waals surface area contributed by atoms with Gasteiger partial charge < -0.3 is 20.4 Å². The highest BCUT2D eigenvalue weighted by Gasteiger charge is 2.44. The van der Waals surface area contributed by atoms with E-state index in [1.54, 1.807) is 24.3 Å². The number of hydrogen-bond donors (Lipinski definition) is 3. The third-order valence-electron chi connectivity index (χ3n) is 6.86. The zero-order chi connectivity index (χ0) is 22.5. The fourth-order valence-corrected chi connectivity index (χ4v) is 4.67. The number of anilines is 2. The van der Waals surface area contributed by atoms with Gasteiger partial charge in [0.1, 0.15) is 17.2 Å². The Morgan fingerprint density at radius 3 is 2.56 bits per heavy atom. The number of fused-ring (bicyclic) bond motifs is 1. The molecule has 0 bridgehead atoms. The first kappa shape index (κ1) is 20.4. The Hall–Kier alpha value is -3.55. The van der Waals surface area contributed by atoms with E-state index < -0.39 is 12.0 Å². The summed E-state index contributed by atoms with van der Waals surface area (Å²) in [4.78, 5) is 31.5. The van der Waals surface area contributed by atoms with Gasteiger partial charge in [0.15, 0.2) is 0 Å². The number of benzene rings is 1. The molecule has 8 heteroatoms. The van der Waals surface area contributed by atoms with Gasteiger partial charge in [-0.15, -0.1) is 0 Å². The minimum Gasteiger partial charge on any atom is -0.506 e. The molecule has 0 unspecified atom stereocenters. The van der Waals surface area contributed by atoms with Crippen molar-refractivity contribution in [3.63, 3.8) is 0 Å². The van der Waals surface area contributed by atoms with Crippen molar-refractivity contribution in [3.05, 3.63) is 64.1 Å². The van der Waals surface area contributed by atoms with Crippen molar-refractivity contribution in [2.75, 3.05) is 23.3 Å². The molecular weight excluding hydrogens is 408 g/mol. The summed E-state index contributed by atoms with van der Waals surface area (Å²) in [5, 5.41) is 22.9. The van der Waals surface area contributed by atoms with Crippen molar-refractivity contribution in [1.29, 1.82) is 0 Å². The molecule has 1 saturated carbocycles. The van der Waals surface area contributed by atoms with E-state index in [-0.39, 0.29) is 16.9 Å². The quantitative estimate of drug-likeness (QED) is 0.563. The third kappa shape index (κ3) is 3.66. The van der Waals surface area contributed by atoms with Crippen LogP contribution in [0.1, 0.15) is 54.6 Å². The molecule has 1 spiro atoms. The van der Waals surface area contributed by atoms with E-state index in [1.807, 2.05) is 6.92 Å². The Labute approximate surface area is 185 Å². The van der Waals surface area contributed by atoms with Crippen molar-refractivity contribution >= 4 is 23.1 Å². The summed E-state index contributed by atoms with van der Waals surface area (Å²) in [7, 11) is 0. The maximum absolute atomic E-state index is 12.9. The molecule has 1 aromatic carbocycles. The van der Waals surface area contributed by atoms with E-state index >= 15 is 0 Å². The van der Waals surface area contributed by atoms with Crippen LogP contribution in [-0.4, -0.2) is 38.7 Å². The van der Waals surface area contributed by atoms with Gasteiger partial charge in [0.2, 0.25) is 0 Å². The molecule has 0 radical (unpaired) electrons. The Balaban J connectivity index is 1.53. The van der Waals surface area contributed by atoms with E-state index in [9.17, 15) is 19.8 Å². The van der Waals surface area contributed by atoms with Crippen LogP contribution in [0, 0.1) is 5.41 Å². The van der Waals surface area contributed by atoms with Crippen LogP contribution in [-0.2, 0) is 0 Å². The van der Waals surface area contributed by atoms with Crippen LogP contribution in [0.3, 0.4) is 0 Å². The number of aromatic nitrogens is 2. The smallest absolute Gasteiger partial charge is 0.337 e. The molecule has 5 rings (SSSR count). The van der Waals surface area contributed by atoms with E-state index in [2.05, 4.69) is 10.2 Å². The zero-order valence-corrected chi connectivity index (χ0v) is 17.9. The lowest BCUT2D eigenvalue weighted by Gasteiger charge is -2.33. The highest BCUT2D eigenvalue weighted by molar-refractivity contribution is 5.94. The van der Waals surface area contributed by atoms with Gasteiger partial charge in [0.05, 0.1) is 17.8 Å². The van der Waals surface area contributed by atoms with E-state index in [0.717, 1.165) is 25.9 Å². The summed E-state index contributed by atoms with van der Waals surface area (Å²) in [5.74, 6) is -0.440. The van der Waals surface area contributed by atoms with Crippen molar-refractivity contribution < 1.29 is 15.0 Å². The molecule has 166 valence electrons. The number of aromatic carboxylic acids is 1. The molecule has 1 aliphatic heterocycles. The summed E-state index contributed by atoms with van der Waals surface area (Å²) in [6.07, 6.45) is 6.23. The highest BCUT2D eigenvalue weighted by atomic mass is 16.4. The van der Waals surface area contributed by atoms with Gasteiger partial charge in [-0.25, -0.2) is 9.78 Å². The highest BCUT2D eigenvalue weighted by Crippen LogP contribution is 2.53. The van der Waals surface area contributed by atoms with E-state index in [1.165, 1.54) is 35.6 Å². The minimum atomic E-state index is -1.03. The summed E-state index contributed by atoms with van der Waals surface area (Å²) in [6.45, 7) is 3.62. The molecule has 2 fully saturated rings. The van der Waals surface area contributed by atoms with Crippen LogP contribution in [0.15, 0.2) is 47.4 Å². The van der Waals surface area contributed by atoms with Crippen molar-refractivity contribution in [2.24, 2.45) is 5.41 Å². The Morgan fingerprint density at radius 2 is 1.88 bits per heavy atom. The zero-order valence-electron chi connectivity index (χ0n) is 17.9. The summed E-state index contributed by atoms with van der Waals surface area (Å²) >= 11 is 0. The number of pyridine rings is 1. The van der Waals surface area contributed by atoms with Crippen molar-refractivity contribution in [1.82, 2.24) is 9.38 Å². The molecule has 1 saturated heterocycles. The normalized spacial score (nSPS) is 18.0. The van der Waals surface area contributed by atoms with Crippen LogP contribution in [0.25, 0.3) is 5.65 Å². The molecule has 3 N–H and O–H groups in total. The SMILES string of the molecule is C[C@@H](Nc1ccccc1C(=O)O)c1cc(O)cn2c(=O)cc(N3CCC4(CC3)CC4)nc12. The molecule has 2 aromatic heterocycles. The number of carboxylic acids is 1. The second-order valence-electron chi connectivity index (χ2n) is 9.00. The molecule has 0 amide bonds. The first-order chi connectivity index (χ1) is 15.3. The summed E-state index contributed by atoms with van der Waals surface area (Å²) in [5.41, 5.74) is 1.93. The Kier molecular flexibility index (Phi) is 4.80. The predicted octanol–water partition coefficient (Wildman–Crippen LogP) is 3.65.